The highest BCUT2D eigenvalue weighted by atomic mass is 35.5. The van der Waals surface area contributed by atoms with Crippen LogP contribution in [-0.4, -0.2) is 48.5 Å². The molecular formula is C25H25ClN4O. The zero-order chi connectivity index (χ0) is 21.2. The maximum absolute atomic E-state index is 13.0. The van der Waals surface area contributed by atoms with E-state index in [0.717, 1.165) is 44.0 Å². The van der Waals surface area contributed by atoms with E-state index in [1.807, 2.05) is 29.2 Å². The maximum atomic E-state index is 13.0. The Kier molecular flexibility index (Phi) is 5.51. The van der Waals surface area contributed by atoms with Gasteiger partial charge >= 0.3 is 0 Å². The second-order valence-corrected chi connectivity index (χ2v) is 8.54. The quantitative estimate of drug-likeness (QED) is 0.620. The predicted molar refractivity (Wildman–Crippen MR) is 125 cm³/mol. The number of nitrogens with zero attached hydrogens (tertiary/aromatic N) is 4. The number of carbonyl (C=O) groups excluding carboxylic acids is 1. The Morgan fingerprint density at radius 1 is 0.806 bits per heavy atom. The molecule has 31 heavy (non-hydrogen) atoms. The molecule has 0 aliphatic carbocycles. The second-order valence-electron chi connectivity index (χ2n) is 8.10. The molecule has 0 radical (unpaired) electrons. The summed E-state index contributed by atoms with van der Waals surface area (Å²) in [5.41, 5.74) is 4.75. The zero-order valence-electron chi connectivity index (χ0n) is 17.4. The number of anilines is 2. The van der Waals surface area contributed by atoms with E-state index in [2.05, 4.69) is 51.2 Å². The highest BCUT2D eigenvalue weighted by Crippen LogP contribution is 2.25. The van der Waals surface area contributed by atoms with E-state index in [0.29, 0.717) is 18.1 Å². The summed E-state index contributed by atoms with van der Waals surface area (Å²) < 4.78 is 0. The van der Waals surface area contributed by atoms with Crippen molar-refractivity contribution >= 4 is 29.0 Å². The van der Waals surface area contributed by atoms with Crippen molar-refractivity contribution in [2.45, 2.75) is 13.0 Å². The maximum Gasteiger partial charge on any atom is 0.253 e. The minimum Gasteiger partial charge on any atom is -0.367 e. The number of pyridine rings is 1. The van der Waals surface area contributed by atoms with Crippen LogP contribution in [0.4, 0.5) is 11.5 Å². The lowest BCUT2D eigenvalue weighted by Crippen LogP contribution is -2.49. The van der Waals surface area contributed by atoms with E-state index in [4.69, 9.17) is 11.6 Å². The Bertz CT molecular complexity index is 1060. The topological polar surface area (TPSA) is 39.7 Å². The smallest absolute Gasteiger partial charge is 0.253 e. The van der Waals surface area contributed by atoms with Gasteiger partial charge in [-0.3, -0.25) is 4.79 Å². The average Bonchev–Trinajstić information content (AvgIpc) is 2.84. The molecule has 2 aliphatic heterocycles. The van der Waals surface area contributed by atoms with Gasteiger partial charge < -0.3 is 14.7 Å². The van der Waals surface area contributed by atoms with E-state index in [9.17, 15) is 4.79 Å². The number of rotatable bonds is 3. The molecule has 1 aromatic heterocycles. The number of piperazine rings is 1. The minimum absolute atomic E-state index is 0.0965. The molecule has 0 saturated carbocycles. The molecule has 5 nitrogen and oxygen atoms in total. The van der Waals surface area contributed by atoms with Crippen LogP contribution in [0.3, 0.4) is 0 Å². The molecule has 6 heteroatoms. The SMILES string of the molecule is O=C(c1ccc(N2CCc3ccccc3C2)cc1)N1CCN(c2ccc(Cl)cn2)CC1. The first kappa shape index (κ1) is 19.9. The summed E-state index contributed by atoms with van der Waals surface area (Å²) in [4.78, 5) is 23.9. The Hall–Kier alpha value is -3.05. The molecule has 0 unspecified atom stereocenters. The van der Waals surface area contributed by atoms with Crippen molar-refractivity contribution in [1.29, 1.82) is 0 Å². The van der Waals surface area contributed by atoms with E-state index in [1.54, 1.807) is 6.20 Å². The van der Waals surface area contributed by atoms with Crippen molar-refractivity contribution in [3.05, 3.63) is 88.6 Å². The summed E-state index contributed by atoms with van der Waals surface area (Å²) in [5, 5.41) is 0.634. The molecule has 3 aromatic rings. The molecule has 3 heterocycles. The Morgan fingerprint density at radius 2 is 1.55 bits per heavy atom. The van der Waals surface area contributed by atoms with Crippen molar-refractivity contribution in [3.63, 3.8) is 0 Å². The van der Waals surface area contributed by atoms with Crippen LogP contribution < -0.4 is 9.80 Å². The van der Waals surface area contributed by atoms with Crippen LogP contribution in [0.5, 0.6) is 0 Å². The molecule has 2 aromatic carbocycles. The molecule has 1 amide bonds. The zero-order valence-corrected chi connectivity index (χ0v) is 18.1. The number of amides is 1. The van der Waals surface area contributed by atoms with Crippen LogP contribution in [0.1, 0.15) is 21.5 Å². The fourth-order valence-electron chi connectivity index (χ4n) is 4.41. The molecule has 0 atom stereocenters. The number of hydrogen-bond donors (Lipinski definition) is 0. The van der Waals surface area contributed by atoms with Gasteiger partial charge in [0.25, 0.3) is 5.91 Å². The molecule has 0 bridgehead atoms. The largest absolute Gasteiger partial charge is 0.367 e. The summed E-state index contributed by atoms with van der Waals surface area (Å²) >= 11 is 5.93. The predicted octanol–water partition coefficient (Wildman–Crippen LogP) is 4.26. The third-order valence-electron chi connectivity index (χ3n) is 6.21. The van der Waals surface area contributed by atoms with Crippen molar-refractivity contribution in [1.82, 2.24) is 9.88 Å². The van der Waals surface area contributed by atoms with Crippen molar-refractivity contribution in [2.75, 3.05) is 42.5 Å². The van der Waals surface area contributed by atoms with Gasteiger partial charge in [-0.25, -0.2) is 4.98 Å². The molecule has 0 N–H and O–H groups in total. The third-order valence-corrected chi connectivity index (χ3v) is 6.44. The minimum atomic E-state index is 0.0965. The monoisotopic (exact) mass is 432 g/mol. The van der Waals surface area contributed by atoms with Gasteiger partial charge in [-0.05, 0) is 53.9 Å². The van der Waals surface area contributed by atoms with Crippen LogP contribution in [0, 0.1) is 0 Å². The summed E-state index contributed by atoms with van der Waals surface area (Å²) in [7, 11) is 0. The summed E-state index contributed by atoms with van der Waals surface area (Å²) in [6.45, 7) is 4.84. The molecule has 2 aliphatic rings. The Labute approximate surface area is 187 Å². The van der Waals surface area contributed by atoms with Gasteiger partial charge in [-0.2, -0.15) is 0 Å². The van der Waals surface area contributed by atoms with Gasteiger partial charge in [0.2, 0.25) is 0 Å². The van der Waals surface area contributed by atoms with E-state index >= 15 is 0 Å². The fraction of sp³-hybridized carbons (Fsp3) is 0.280. The molecule has 5 rings (SSSR count). The first-order valence-corrected chi connectivity index (χ1v) is 11.1. The highest BCUT2D eigenvalue weighted by Gasteiger charge is 2.23. The van der Waals surface area contributed by atoms with Crippen molar-refractivity contribution < 1.29 is 4.79 Å². The van der Waals surface area contributed by atoms with Gasteiger partial charge in [0.15, 0.2) is 0 Å². The van der Waals surface area contributed by atoms with Crippen LogP contribution in [0.25, 0.3) is 0 Å². The first-order valence-electron chi connectivity index (χ1n) is 10.7. The van der Waals surface area contributed by atoms with Crippen LogP contribution >= 0.6 is 11.6 Å². The lowest BCUT2D eigenvalue weighted by atomic mass is 9.99. The third kappa shape index (κ3) is 4.23. The average molecular weight is 433 g/mol. The van der Waals surface area contributed by atoms with Gasteiger partial charge in [-0.1, -0.05) is 35.9 Å². The van der Waals surface area contributed by atoms with Gasteiger partial charge in [-0.15, -0.1) is 0 Å². The number of carbonyl (C=O) groups is 1. The number of benzene rings is 2. The first-order chi connectivity index (χ1) is 15.2. The highest BCUT2D eigenvalue weighted by molar-refractivity contribution is 6.30. The van der Waals surface area contributed by atoms with Crippen LogP contribution in [-0.2, 0) is 13.0 Å². The van der Waals surface area contributed by atoms with Crippen LogP contribution in [0.2, 0.25) is 5.02 Å². The standard InChI is InChI=1S/C25H25ClN4O/c26-22-7-10-24(27-17-22)28-13-15-29(16-14-28)25(31)20-5-8-23(9-6-20)30-12-11-19-3-1-2-4-21(19)18-30/h1-10,17H,11-16,18H2. The molecule has 1 fully saturated rings. The number of halogens is 1. The van der Waals surface area contributed by atoms with Gasteiger partial charge in [0.05, 0.1) is 5.02 Å². The number of hydrogen-bond acceptors (Lipinski definition) is 4. The van der Waals surface area contributed by atoms with Crippen LogP contribution in [0.15, 0.2) is 66.9 Å². The summed E-state index contributed by atoms with van der Waals surface area (Å²) in [5.74, 6) is 1.00. The molecule has 0 spiro atoms. The van der Waals surface area contributed by atoms with Gasteiger partial charge in [0.1, 0.15) is 5.82 Å². The summed E-state index contributed by atoms with van der Waals surface area (Å²) in [6, 6.07) is 20.5. The van der Waals surface area contributed by atoms with Crippen molar-refractivity contribution in [2.24, 2.45) is 0 Å². The Morgan fingerprint density at radius 3 is 2.26 bits per heavy atom. The lowest BCUT2D eigenvalue weighted by Gasteiger charge is -2.35. The van der Waals surface area contributed by atoms with E-state index in [1.165, 1.54) is 16.8 Å². The Balaban J connectivity index is 1.20. The van der Waals surface area contributed by atoms with E-state index < -0.39 is 0 Å². The van der Waals surface area contributed by atoms with Crippen molar-refractivity contribution in [3.8, 4) is 0 Å². The molecular weight excluding hydrogens is 408 g/mol. The second kappa shape index (κ2) is 8.60. The lowest BCUT2D eigenvalue weighted by molar-refractivity contribution is 0.0746. The van der Waals surface area contributed by atoms with Gasteiger partial charge in [0, 0.05) is 56.7 Å². The molecule has 158 valence electrons. The summed E-state index contributed by atoms with van der Waals surface area (Å²) in [6.07, 6.45) is 2.72. The van der Waals surface area contributed by atoms with E-state index in [-0.39, 0.29) is 5.91 Å². The molecule has 1 saturated heterocycles. The fourth-order valence-corrected chi connectivity index (χ4v) is 4.52. The normalized spacial score (nSPS) is 16.2. The number of aromatic nitrogens is 1. The number of fused-ring (bicyclic) bond motifs is 1.